The Balaban J connectivity index is 2.65. The molecule has 0 bridgehead atoms. The molecule has 0 amide bonds. The highest BCUT2D eigenvalue weighted by molar-refractivity contribution is 8.07. The van der Waals surface area contributed by atoms with Crippen molar-refractivity contribution in [2.45, 2.75) is 4.75 Å². The van der Waals surface area contributed by atoms with E-state index < -0.39 is 0 Å². The molecular formula is C8H10N2S4. The molecule has 0 aromatic rings. The highest BCUT2D eigenvalue weighted by Crippen LogP contribution is 2.35. The zero-order valence-electron chi connectivity index (χ0n) is 7.56. The molecule has 0 aromatic carbocycles. The highest BCUT2D eigenvalue weighted by atomic mass is 32.2. The molecule has 1 heterocycles. The third kappa shape index (κ3) is 3.81. The number of rotatable bonds is 4. The van der Waals surface area contributed by atoms with E-state index in [-0.39, 0.29) is 4.75 Å². The van der Waals surface area contributed by atoms with E-state index >= 15 is 0 Å². The molecule has 0 N–H and O–H groups in total. The predicted octanol–water partition coefficient (Wildman–Crippen LogP) is 2.41. The van der Waals surface area contributed by atoms with Crippen molar-refractivity contribution in [3.8, 4) is 0 Å². The first-order chi connectivity index (χ1) is 6.83. The van der Waals surface area contributed by atoms with Gasteiger partial charge in [0.25, 0.3) is 0 Å². The van der Waals surface area contributed by atoms with Gasteiger partial charge in [-0.1, -0.05) is 0 Å². The number of thiocarbonyl (C=S) groups is 2. The molecule has 76 valence electrons. The molecule has 1 saturated heterocycles. The Kier molecular flexibility index (Phi) is 5.94. The van der Waals surface area contributed by atoms with Crippen LogP contribution in [0.15, 0.2) is 9.98 Å². The standard InChI is InChI=1S/C8H10N2S4/c11-6-9-3-8(4-10-7-12)5-13-1-2-14-8/h1-5H2. The lowest BCUT2D eigenvalue weighted by Crippen LogP contribution is -2.38. The highest BCUT2D eigenvalue weighted by Gasteiger charge is 2.32. The Morgan fingerprint density at radius 1 is 1.14 bits per heavy atom. The average Bonchev–Trinajstić information content (AvgIpc) is 2.25. The van der Waals surface area contributed by atoms with E-state index in [2.05, 4.69) is 44.7 Å². The summed E-state index contributed by atoms with van der Waals surface area (Å²) in [6.45, 7) is 1.38. The van der Waals surface area contributed by atoms with Crippen LogP contribution in [-0.2, 0) is 0 Å². The maximum atomic E-state index is 4.58. The van der Waals surface area contributed by atoms with Gasteiger partial charge in [0.05, 0.1) is 28.2 Å². The van der Waals surface area contributed by atoms with E-state index in [9.17, 15) is 0 Å². The first-order valence-corrected chi connectivity index (χ1v) is 7.08. The SMILES string of the molecule is S=C=NCC1(CN=C=S)CSCCS1. The van der Waals surface area contributed by atoms with Gasteiger partial charge in [0.2, 0.25) is 0 Å². The van der Waals surface area contributed by atoms with E-state index in [0.717, 1.165) is 11.5 Å². The summed E-state index contributed by atoms with van der Waals surface area (Å²) in [7, 11) is 0. The van der Waals surface area contributed by atoms with Gasteiger partial charge < -0.3 is 0 Å². The van der Waals surface area contributed by atoms with Crippen molar-refractivity contribution >= 4 is 58.3 Å². The molecule has 0 saturated carbocycles. The number of isothiocyanates is 2. The number of hydrogen-bond donors (Lipinski definition) is 0. The van der Waals surface area contributed by atoms with Crippen molar-refractivity contribution in [1.82, 2.24) is 0 Å². The van der Waals surface area contributed by atoms with Crippen LogP contribution in [-0.4, -0.2) is 45.4 Å². The van der Waals surface area contributed by atoms with E-state index in [1.54, 1.807) is 0 Å². The van der Waals surface area contributed by atoms with Crippen molar-refractivity contribution in [2.75, 3.05) is 30.3 Å². The van der Waals surface area contributed by atoms with Crippen LogP contribution in [0, 0.1) is 0 Å². The lowest BCUT2D eigenvalue weighted by molar-refractivity contribution is 0.678. The lowest BCUT2D eigenvalue weighted by Gasteiger charge is -2.32. The summed E-state index contributed by atoms with van der Waals surface area (Å²) in [5, 5.41) is 4.83. The van der Waals surface area contributed by atoms with Crippen molar-refractivity contribution in [3.63, 3.8) is 0 Å². The van der Waals surface area contributed by atoms with E-state index in [1.807, 2.05) is 23.5 Å². The lowest BCUT2D eigenvalue weighted by atomic mass is 10.1. The minimum atomic E-state index is 0.0700. The fraction of sp³-hybridized carbons (Fsp3) is 0.750. The number of nitrogens with zero attached hydrogens (tertiary/aromatic N) is 2. The van der Waals surface area contributed by atoms with Crippen LogP contribution in [0.1, 0.15) is 0 Å². The van der Waals surface area contributed by atoms with Gasteiger partial charge in [-0.05, 0) is 24.4 Å². The van der Waals surface area contributed by atoms with Crippen molar-refractivity contribution in [1.29, 1.82) is 0 Å². The average molecular weight is 262 g/mol. The maximum Gasteiger partial charge on any atom is 0.0666 e. The quantitative estimate of drug-likeness (QED) is 0.574. The number of thioether (sulfide) groups is 2. The van der Waals surface area contributed by atoms with Crippen LogP contribution >= 0.6 is 48.0 Å². The molecule has 1 aliphatic rings. The van der Waals surface area contributed by atoms with Crippen LogP contribution in [0.25, 0.3) is 0 Å². The van der Waals surface area contributed by atoms with Gasteiger partial charge in [0, 0.05) is 17.3 Å². The van der Waals surface area contributed by atoms with Gasteiger partial charge in [-0.15, -0.1) is 11.8 Å². The molecule has 6 heteroatoms. The Morgan fingerprint density at radius 2 is 1.79 bits per heavy atom. The topological polar surface area (TPSA) is 24.7 Å². The zero-order valence-corrected chi connectivity index (χ0v) is 10.8. The molecular weight excluding hydrogens is 252 g/mol. The second kappa shape index (κ2) is 6.72. The molecule has 1 rings (SSSR count). The molecule has 0 unspecified atom stereocenters. The van der Waals surface area contributed by atoms with Gasteiger partial charge in [0.1, 0.15) is 0 Å². The Hall–Kier alpha value is 0.300. The molecule has 1 fully saturated rings. The van der Waals surface area contributed by atoms with Crippen molar-refractivity contribution < 1.29 is 0 Å². The largest absolute Gasteiger partial charge is 0.231 e. The Labute approximate surface area is 103 Å². The molecule has 0 radical (unpaired) electrons. The van der Waals surface area contributed by atoms with E-state index in [0.29, 0.717) is 13.1 Å². The van der Waals surface area contributed by atoms with Crippen LogP contribution in [0.3, 0.4) is 0 Å². The second-order valence-electron chi connectivity index (χ2n) is 2.90. The third-order valence-electron chi connectivity index (χ3n) is 1.86. The van der Waals surface area contributed by atoms with Crippen molar-refractivity contribution in [2.24, 2.45) is 9.98 Å². The summed E-state index contributed by atoms with van der Waals surface area (Å²) in [5.74, 6) is 3.40. The fourth-order valence-corrected chi connectivity index (χ4v) is 4.16. The molecule has 1 aliphatic heterocycles. The van der Waals surface area contributed by atoms with Crippen LogP contribution < -0.4 is 0 Å². The molecule has 0 spiro atoms. The first-order valence-electron chi connectivity index (χ1n) is 4.12. The van der Waals surface area contributed by atoms with E-state index in [4.69, 9.17) is 0 Å². The van der Waals surface area contributed by atoms with Crippen LogP contribution in [0.4, 0.5) is 0 Å². The second-order valence-corrected chi connectivity index (χ2v) is 5.93. The van der Waals surface area contributed by atoms with Crippen molar-refractivity contribution in [3.05, 3.63) is 0 Å². The first kappa shape index (κ1) is 12.4. The van der Waals surface area contributed by atoms with Crippen LogP contribution in [0.2, 0.25) is 0 Å². The number of aliphatic imine (C=N–C) groups is 2. The summed E-state index contributed by atoms with van der Waals surface area (Å²) in [5.41, 5.74) is 0. The third-order valence-corrected chi connectivity index (χ3v) is 5.24. The zero-order chi connectivity index (χ0) is 10.3. The van der Waals surface area contributed by atoms with Crippen LogP contribution in [0.5, 0.6) is 0 Å². The van der Waals surface area contributed by atoms with Gasteiger partial charge in [-0.25, -0.2) is 9.98 Å². The Morgan fingerprint density at radius 3 is 2.21 bits per heavy atom. The summed E-state index contributed by atoms with van der Waals surface area (Å²) in [4.78, 5) is 8.06. The molecule has 14 heavy (non-hydrogen) atoms. The summed E-state index contributed by atoms with van der Waals surface area (Å²) in [6, 6.07) is 0. The van der Waals surface area contributed by atoms with E-state index in [1.165, 1.54) is 5.75 Å². The number of hydrogen-bond acceptors (Lipinski definition) is 6. The molecule has 2 nitrogen and oxygen atoms in total. The normalized spacial score (nSPS) is 26.0. The summed E-state index contributed by atoms with van der Waals surface area (Å²) >= 11 is 13.0. The minimum absolute atomic E-state index is 0.0700. The smallest absolute Gasteiger partial charge is 0.0666 e. The Bertz CT molecular complexity index is 251. The molecule has 0 aliphatic carbocycles. The monoisotopic (exact) mass is 262 g/mol. The van der Waals surface area contributed by atoms with Gasteiger partial charge in [0.15, 0.2) is 0 Å². The maximum absolute atomic E-state index is 4.58. The molecule has 0 aromatic heterocycles. The predicted molar refractivity (Wildman–Crippen MR) is 72.3 cm³/mol. The summed E-state index contributed by atoms with van der Waals surface area (Å²) < 4.78 is 0.0700. The van der Waals surface area contributed by atoms with Gasteiger partial charge in [-0.3, -0.25) is 0 Å². The molecule has 0 atom stereocenters. The van der Waals surface area contributed by atoms with Gasteiger partial charge >= 0.3 is 0 Å². The fourth-order valence-electron chi connectivity index (χ4n) is 1.20. The van der Waals surface area contributed by atoms with Gasteiger partial charge in [-0.2, -0.15) is 11.8 Å². The minimum Gasteiger partial charge on any atom is -0.231 e. The summed E-state index contributed by atoms with van der Waals surface area (Å²) in [6.07, 6.45) is 0.